The lowest BCUT2D eigenvalue weighted by molar-refractivity contribution is -0.135. The summed E-state index contributed by atoms with van der Waals surface area (Å²) in [6.45, 7) is 5.76. The predicted molar refractivity (Wildman–Crippen MR) is 143 cm³/mol. The number of benzene rings is 2. The molecule has 5 rings (SSSR count). The van der Waals surface area contributed by atoms with Crippen molar-refractivity contribution in [1.29, 1.82) is 0 Å². The van der Waals surface area contributed by atoms with Gasteiger partial charge in [0.05, 0.1) is 0 Å². The number of aromatic nitrogens is 1. The van der Waals surface area contributed by atoms with Gasteiger partial charge in [0, 0.05) is 38.0 Å². The molecule has 0 N–H and O–H groups in total. The summed E-state index contributed by atoms with van der Waals surface area (Å²) in [5.74, 6) is 0.595. The Hall–Kier alpha value is -3.23. The van der Waals surface area contributed by atoms with E-state index in [1.165, 1.54) is 9.87 Å². The fraction of sp³-hybridized carbons (Fsp3) is 0.379. The number of carbonyl (C=O) groups excluding carboxylic acids is 1. The SMILES string of the molecule is Cc1ccc(/C=C/c2onc(C)c2S(=O)(=O)N2CCC(C(=O)N3CC[C@@H](c4ccccc4)C3)CC2)cc1. The minimum absolute atomic E-state index is 0.103. The smallest absolute Gasteiger partial charge is 0.248 e. The molecule has 2 aliphatic heterocycles. The zero-order chi connectivity index (χ0) is 26.0. The summed E-state index contributed by atoms with van der Waals surface area (Å²) in [5, 5.41) is 3.94. The first-order chi connectivity index (χ1) is 17.8. The fourth-order valence-electron chi connectivity index (χ4n) is 5.34. The van der Waals surface area contributed by atoms with E-state index in [2.05, 4.69) is 17.3 Å². The molecular weight excluding hydrogens is 486 g/mol. The lowest BCUT2D eigenvalue weighted by Crippen LogP contribution is -2.44. The van der Waals surface area contributed by atoms with Crippen molar-refractivity contribution in [3.05, 3.63) is 82.7 Å². The molecule has 3 aromatic rings. The van der Waals surface area contributed by atoms with Crippen LogP contribution in [0, 0.1) is 19.8 Å². The molecule has 8 heteroatoms. The van der Waals surface area contributed by atoms with Crippen LogP contribution < -0.4 is 0 Å². The normalized spacial score (nSPS) is 19.6. The highest BCUT2D eigenvalue weighted by atomic mass is 32.2. The number of carbonyl (C=O) groups is 1. The molecule has 0 aliphatic carbocycles. The van der Waals surface area contributed by atoms with Gasteiger partial charge in [-0.25, -0.2) is 8.42 Å². The van der Waals surface area contributed by atoms with E-state index in [-0.39, 0.29) is 22.5 Å². The number of hydrogen-bond acceptors (Lipinski definition) is 5. The first-order valence-electron chi connectivity index (χ1n) is 12.9. The van der Waals surface area contributed by atoms with Crippen molar-refractivity contribution in [2.45, 2.75) is 43.9 Å². The zero-order valence-electron chi connectivity index (χ0n) is 21.3. The highest BCUT2D eigenvalue weighted by molar-refractivity contribution is 7.89. The minimum atomic E-state index is -3.80. The van der Waals surface area contributed by atoms with E-state index in [1.807, 2.05) is 60.4 Å². The number of rotatable bonds is 6. The number of sulfonamides is 1. The Kier molecular flexibility index (Phi) is 7.31. The lowest BCUT2D eigenvalue weighted by Gasteiger charge is -2.32. The molecule has 1 atom stereocenters. The molecule has 194 valence electrons. The second-order valence-corrected chi connectivity index (χ2v) is 11.9. The molecule has 1 amide bonds. The number of likely N-dealkylation sites (tertiary alicyclic amines) is 1. The van der Waals surface area contributed by atoms with Gasteiger partial charge in [-0.05, 0) is 50.3 Å². The molecule has 0 unspecified atom stereocenters. The number of amides is 1. The Labute approximate surface area is 218 Å². The van der Waals surface area contributed by atoms with Gasteiger partial charge in [-0.3, -0.25) is 4.79 Å². The summed E-state index contributed by atoms with van der Waals surface area (Å²) in [5.41, 5.74) is 3.71. The van der Waals surface area contributed by atoms with Crippen LogP contribution in [0.1, 0.15) is 53.3 Å². The predicted octanol–water partition coefficient (Wildman–Crippen LogP) is 4.88. The maximum absolute atomic E-state index is 13.6. The van der Waals surface area contributed by atoms with Crippen LogP contribution in [0.5, 0.6) is 0 Å². The molecule has 2 fully saturated rings. The number of hydrogen-bond donors (Lipinski definition) is 0. The first-order valence-corrected chi connectivity index (χ1v) is 14.3. The zero-order valence-corrected chi connectivity index (χ0v) is 22.2. The van der Waals surface area contributed by atoms with E-state index in [0.717, 1.165) is 30.6 Å². The molecule has 2 aliphatic rings. The third kappa shape index (κ3) is 5.40. The van der Waals surface area contributed by atoms with Gasteiger partial charge >= 0.3 is 0 Å². The first kappa shape index (κ1) is 25.4. The van der Waals surface area contributed by atoms with Crippen LogP contribution in [0.3, 0.4) is 0 Å². The maximum Gasteiger partial charge on any atom is 0.248 e. The lowest BCUT2D eigenvalue weighted by atomic mass is 9.96. The van der Waals surface area contributed by atoms with Gasteiger partial charge in [-0.1, -0.05) is 71.4 Å². The molecule has 0 radical (unpaired) electrons. The Morgan fingerprint density at radius 2 is 1.65 bits per heavy atom. The van der Waals surface area contributed by atoms with Crippen molar-refractivity contribution in [1.82, 2.24) is 14.4 Å². The Bertz CT molecular complexity index is 1370. The van der Waals surface area contributed by atoms with E-state index >= 15 is 0 Å². The van der Waals surface area contributed by atoms with E-state index in [4.69, 9.17) is 4.52 Å². The van der Waals surface area contributed by atoms with Crippen LogP contribution in [0.4, 0.5) is 0 Å². The summed E-state index contributed by atoms with van der Waals surface area (Å²) in [6, 6.07) is 18.3. The van der Waals surface area contributed by atoms with Gasteiger partial charge in [0.15, 0.2) is 10.7 Å². The number of piperidine rings is 1. The molecule has 37 heavy (non-hydrogen) atoms. The van der Waals surface area contributed by atoms with Crippen LogP contribution in [-0.4, -0.2) is 54.9 Å². The van der Waals surface area contributed by atoms with Crippen molar-refractivity contribution in [3.8, 4) is 0 Å². The molecule has 1 aromatic heterocycles. The quantitative estimate of drug-likeness (QED) is 0.464. The maximum atomic E-state index is 13.6. The highest BCUT2D eigenvalue weighted by Gasteiger charge is 2.38. The van der Waals surface area contributed by atoms with E-state index in [1.54, 1.807) is 13.0 Å². The third-order valence-electron chi connectivity index (χ3n) is 7.51. The molecule has 2 aromatic carbocycles. The number of aryl methyl sites for hydroxylation is 2. The summed E-state index contributed by atoms with van der Waals surface area (Å²) in [6.07, 6.45) is 5.48. The highest BCUT2D eigenvalue weighted by Crippen LogP contribution is 2.32. The van der Waals surface area contributed by atoms with Gasteiger partial charge in [0.1, 0.15) is 5.69 Å². The van der Waals surface area contributed by atoms with Crippen molar-refractivity contribution < 1.29 is 17.7 Å². The second kappa shape index (κ2) is 10.6. The minimum Gasteiger partial charge on any atom is -0.355 e. The molecule has 0 spiro atoms. The van der Waals surface area contributed by atoms with E-state index < -0.39 is 10.0 Å². The Morgan fingerprint density at radius 1 is 0.946 bits per heavy atom. The largest absolute Gasteiger partial charge is 0.355 e. The van der Waals surface area contributed by atoms with Crippen LogP contribution >= 0.6 is 0 Å². The van der Waals surface area contributed by atoms with E-state index in [0.29, 0.717) is 37.5 Å². The van der Waals surface area contributed by atoms with Crippen LogP contribution in [0.25, 0.3) is 12.2 Å². The molecule has 0 bridgehead atoms. The van der Waals surface area contributed by atoms with Crippen molar-refractivity contribution >= 4 is 28.1 Å². The van der Waals surface area contributed by atoms with Gasteiger partial charge in [-0.2, -0.15) is 4.31 Å². The van der Waals surface area contributed by atoms with Gasteiger partial charge in [0.2, 0.25) is 15.9 Å². The Balaban J connectivity index is 1.23. The van der Waals surface area contributed by atoms with Gasteiger partial charge in [-0.15, -0.1) is 0 Å². The average Bonchev–Trinajstić information content (AvgIpc) is 3.56. The molecule has 0 saturated carbocycles. The van der Waals surface area contributed by atoms with E-state index in [9.17, 15) is 13.2 Å². The van der Waals surface area contributed by atoms with Crippen molar-refractivity contribution in [2.75, 3.05) is 26.2 Å². The Morgan fingerprint density at radius 3 is 2.35 bits per heavy atom. The average molecular weight is 520 g/mol. The standard InChI is InChI=1S/C29H33N3O4S/c1-21-8-10-23(11-9-21)12-13-27-28(22(2)30-36-27)37(34,35)32-18-15-25(16-19-32)29(33)31-17-14-26(20-31)24-6-4-3-5-7-24/h3-13,25-26H,14-20H2,1-2H3/b13-12+/t26-/m1/s1. The second-order valence-electron chi connectivity index (χ2n) is 10.1. The van der Waals surface area contributed by atoms with Gasteiger partial charge in [0.25, 0.3) is 0 Å². The van der Waals surface area contributed by atoms with Crippen molar-refractivity contribution in [2.24, 2.45) is 5.92 Å². The van der Waals surface area contributed by atoms with Crippen LogP contribution in [0.15, 0.2) is 64.0 Å². The fourth-order valence-corrected chi connectivity index (χ4v) is 7.06. The summed E-state index contributed by atoms with van der Waals surface area (Å²) >= 11 is 0. The molecule has 2 saturated heterocycles. The van der Waals surface area contributed by atoms with Crippen LogP contribution in [-0.2, 0) is 14.8 Å². The topological polar surface area (TPSA) is 83.7 Å². The van der Waals surface area contributed by atoms with Crippen molar-refractivity contribution in [3.63, 3.8) is 0 Å². The van der Waals surface area contributed by atoms with Crippen LogP contribution in [0.2, 0.25) is 0 Å². The third-order valence-corrected chi connectivity index (χ3v) is 9.57. The molecular formula is C29H33N3O4S. The molecule has 3 heterocycles. The number of nitrogens with zero attached hydrogens (tertiary/aromatic N) is 3. The van der Waals surface area contributed by atoms with Gasteiger partial charge < -0.3 is 9.42 Å². The summed E-state index contributed by atoms with van der Waals surface area (Å²) in [4.78, 5) is 15.3. The summed E-state index contributed by atoms with van der Waals surface area (Å²) < 4.78 is 34.0. The summed E-state index contributed by atoms with van der Waals surface area (Å²) in [7, 11) is -3.80. The monoisotopic (exact) mass is 519 g/mol. The molecule has 7 nitrogen and oxygen atoms in total.